The van der Waals surface area contributed by atoms with Gasteiger partial charge in [0.05, 0.1) is 5.69 Å². The van der Waals surface area contributed by atoms with Crippen LogP contribution in [-0.2, 0) is 11.2 Å². The molecule has 0 aliphatic carbocycles. The molecular weight excluding hydrogens is 332 g/mol. The first-order valence-corrected chi connectivity index (χ1v) is 8.95. The Morgan fingerprint density at radius 2 is 1.77 bits per heavy atom. The van der Waals surface area contributed by atoms with Crippen LogP contribution in [0.1, 0.15) is 40.2 Å². The molecule has 0 N–H and O–H groups in total. The van der Waals surface area contributed by atoms with Gasteiger partial charge in [-0.1, -0.05) is 5.16 Å². The van der Waals surface area contributed by atoms with E-state index in [2.05, 4.69) is 10.1 Å². The molecule has 0 aromatic carbocycles. The molecule has 7 nitrogen and oxygen atoms in total. The third-order valence-electron chi connectivity index (χ3n) is 4.76. The molecule has 2 aromatic heterocycles. The Morgan fingerprint density at radius 1 is 1.08 bits per heavy atom. The standard InChI is InChI=1S/C19H24N4O3/c1-14-18(15(2)26-21-14)19(25)23-11-3-10-22(12-13-23)17(24)5-4-16-6-8-20-9-7-16/h6-9H,3-5,10-13H2,1-2H3. The van der Waals surface area contributed by atoms with Gasteiger partial charge in [0.2, 0.25) is 5.91 Å². The van der Waals surface area contributed by atoms with E-state index >= 15 is 0 Å². The summed E-state index contributed by atoms with van der Waals surface area (Å²) in [6, 6.07) is 3.86. The third-order valence-corrected chi connectivity index (χ3v) is 4.76. The Balaban J connectivity index is 1.56. The van der Waals surface area contributed by atoms with Crippen LogP contribution in [0.2, 0.25) is 0 Å². The molecule has 0 bridgehead atoms. The van der Waals surface area contributed by atoms with Crippen molar-refractivity contribution >= 4 is 11.8 Å². The van der Waals surface area contributed by atoms with Crippen LogP contribution >= 0.6 is 0 Å². The molecule has 0 atom stereocenters. The van der Waals surface area contributed by atoms with Crippen LogP contribution in [0, 0.1) is 13.8 Å². The van der Waals surface area contributed by atoms with Gasteiger partial charge in [-0.3, -0.25) is 14.6 Å². The highest BCUT2D eigenvalue weighted by molar-refractivity contribution is 5.96. The number of hydrogen-bond donors (Lipinski definition) is 0. The number of aryl methyl sites for hydroxylation is 3. The Labute approximate surface area is 153 Å². The van der Waals surface area contributed by atoms with Crippen LogP contribution in [0.15, 0.2) is 29.0 Å². The predicted molar refractivity (Wildman–Crippen MR) is 95.6 cm³/mol. The quantitative estimate of drug-likeness (QED) is 0.837. The average Bonchev–Trinajstić information content (AvgIpc) is 2.86. The van der Waals surface area contributed by atoms with E-state index in [1.807, 2.05) is 17.0 Å². The zero-order valence-corrected chi connectivity index (χ0v) is 15.3. The summed E-state index contributed by atoms with van der Waals surface area (Å²) in [5.74, 6) is 0.614. The maximum Gasteiger partial charge on any atom is 0.259 e. The molecule has 3 heterocycles. The highest BCUT2D eigenvalue weighted by Crippen LogP contribution is 2.17. The van der Waals surface area contributed by atoms with Crippen molar-refractivity contribution in [2.45, 2.75) is 33.1 Å². The number of nitrogens with zero attached hydrogens (tertiary/aromatic N) is 4. The van der Waals surface area contributed by atoms with Crippen LogP contribution in [-0.4, -0.2) is 57.9 Å². The van der Waals surface area contributed by atoms with Crippen molar-refractivity contribution in [2.24, 2.45) is 0 Å². The van der Waals surface area contributed by atoms with Crippen molar-refractivity contribution in [3.8, 4) is 0 Å². The van der Waals surface area contributed by atoms with E-state index in [0.717, 1.165) is 12.0 Å². The van der Waals surface area contributed by atoms with Gasteiger partial charge in [0.1, 0.15) is 11.3 Å². The van der Waals surface area contributed by atoms with E-state index in [0.29, 0.717) is 56.0 Å². The van der Waals surface area contributed by atoms with Crippen molar-refractivity contribution in [3.63, 3.8) is 0 Å². The summed E-state index contributed by atoms with van der Waals surface area (Å²) in [6.45, 7) is 5.93. The maximum absolute atomic E-state index is 12.8. The van der Waals surface area contributed by atoms with Gasteiger partial charge >= 0.3 is 0 Å². The summed E-state index contributed by atoms with van der Waals surface area (Å²) in [5, 5.41) is 3.86. The molecule has 3 rings (SSSR count). The molecule has 2 aromatic rings. The first-order valence-electron chi connectivity index (χ1n) is 8.95. The van der Waals surface area contributed by atoms with Crippen LogP contribution in [0.4, 0.5) is 0 Å². The van der Waals surface area contributed by atoms with Crippen molar-refractivity contribution in [1.29, 1.82) is 0 Å². The Bertz CT molecular complexity index is 753. The van der Waals surface area contributed by atoms with Crippen molar-refractivity contribution in [2.75, 3.05) is 26.2 Å². The van der Waals surface area contributed by atoms with E-state index < -0.39 is 0 Å². The second-order valence-corrected chi connectivity index (χ2v) is 6.58. The molecule has 1 aliphatic rings. The lowest BCUT2D eigenvalue weighted by Gasteiger charge is -2.22. The molecule has 26 heavy (non-hydrogen) atoms. The minimum atomic E-state index is -0.0627. The lowest BCUT2D eigenvalue weighted by atomic mass is 10.1. The van der Waals surface area contributed by atoms with E-state index in [1.165, 1.54) is 0 Å². The van der Waals surface area contributed by atoms with E-state index in [9.17, 15) is 9.59 Å². The van der Waals surface area contributed by atoms with E-state index in [-0.39, 0.29) is 11.8 Å². The zero-order valence-electron chi connectivity index (χ0n) is 15.3. The summed E-state index contributed by atoms with van der Waals surface area (Å²) in [4.78, 5) is 32.9. The summed E-state index contributed by atoms with van der Waals surface area (Å²) >= 11 is 0. The van der Waals surface area contributed by atoms with Gasteiger partial charge in [0.15, 0.2) is 0 Å². The number of carbonyl (C=O) groups excluding carboxylic acids is 2. The van der Waals surface area contributed by atoms with Gasteiger partial charge in [-0.05, 0) is 44.4 Å². The number of amides is 2. The van der Waals surface area contributed by atoms with Crippen LogP contribution < -0.4 is 0 Å². The Hall–Kier alpha value is -2.70. The molecule has 2 amide bonds. The van der Waals surface area contributed by atoms with E-state index in [4.69, 9.17) is 4.52 Å². The summed E-state index contributed by atoms with van der Waals surface area (Å²) in [7, 11) is 0. The zero-order chi connectivity index (χ0) is 18.5. The van der Waals surface area contributed by atoms with Gasteiger partial charge in [-0.2, -0.15) is 0 Å². The SMILES string of the molecule is Cc1noc(C)c1C(=O)N1CCCN(C(=O)CCc2ccncc2)CC1. The number of aromatic nitrogens is 2. The molecular formula is C19H24N4O3. The molecule has 7 heteroatoms. The fourth-order valence-corrected chi connectivity index (χ4v) is 3.28. The lowest BCUT2D eigenvalue weighted by Crippen LogP contribution is -2.37. The highest BCUT2D eigenvalue weighted by Gasteiger charge is 2.26. The summed E-state index contributed by atoms with van der Waals surface area (Å²) in [5.41, 5.74) is 2.27. The summed E-state index contributed by atoms with van der Waals surface area (Å²) < 4.78 is 5.11. The lowest BCUT2D eigenvalue weighted by molar-refractivity contribution is -0.131. The Kier molecular flexibility index (Phi) is 5.65. The number of carbonyl (C=O) groups is 2. The highest BCUT2D eigenvalue weighted by atomic mass is 16.5. The number of pyridine rings is 1. The van der Waals surface area contributed by atoms with Gasteiger partial charge in [-0.25, -0.2) is 0 Å². The van der Waals surface area contributed by atoms with E-state index in [1.54, 1.807) is 31.1 Å². The maximum atomic E-state index is 12.8. The normalized spacial score (nSPS) is 15.0. The van der Waals surface area contributed by atoms with Gasteiger partial charge in [0.25, 0.3) is 5.91 Å². The fraction of sp³-hybridized carbons (Fsp3) is 0.474. The average molecular weight is 356 g/mol. The van der Waals surface area contributed by atoms with Crippen LogP contribution in [0.3, 0.4) is 0 Å². The fourth-order valence-electron chi connectivity index (χ4n) is 3.28. The minimum Gasteiger partial charge on any atom is -0.361 e. The molecule has 1 fully saturated rings. The van der Waals surface area contributed by atoms with Crippen molar-refractivity contribution < 1.29 is 14.1 Å². The summed E-state index contributed by atoms with van der Waals surface area (Å²) in [6.07, 6.45) is 5.44. The number of hydrogen-bond acceptors (Lipinski definition) is 5. The van der Waals surface area contributed by atoms with Crippen LogP contribution in [0.5, 0.6) is 0 Å². The molecule has 0 saturated carbocycles. The van der Waals surface area contributed by atoms with Crippen LogP contribution in [0.25, 0.3) is 0 Å². The third kappa shape index (κ3) is 4.09. The largest absolute Gasteiger partial charge is 0.361 e. The predicted octanol–water partition coefficient (Wildman–Crippen LogP) is 1.99. The Morgan fingerprint density at radius 3 is 2.46 bits per heavy atom. The molecule has 138 valence electrons. The number of rotatable bonds is 4. The first kappa shape index (κ1) is 18.1. The van der Waals surface area contributed by atoms with Gasteiger partial charge < -0.3 is 14.3 Å². The van der Waals surface area contributed by atoms with Gasteiger partial charge in [-0.15, -0.1) is 0 Å². The topological polar surface area (TPSA) is 79.5 Å². The van der Waals surface area contributed by atoms with Crippen molar-refractivity contribution in [3.05, 3.63) is 47.1 Å². The second-order valence-electron chi connectivity index (χ2n) is 6.58. The monoisotopic (exact) mass is 356 g/mol. The minimum absolute atomic E-state index is 0.0627. The smallest absolute Gasteiger partial charge is 0.259 e. The van der Waals surface area contributed by atoms with Crippen molar-refractivity contribution in [1.82, 2.24) is 19.9 Å². The second kappa shape index (κ2) is 8.12. The molecule has 0 radical (unpaired) electrons. The first-order chi connectivity index (χ1) is 12.6. The molecule has 0 unspecified atom stereocenters. The molecule has 1 aliphatic heterocycles. The van der Waals surface area contributed by atoms with Gasteiger partial charge in [0, 0.05) is 45.0 Å². The molecule has 1 saturated heterocycles. The molecule has 0 spiro atoms.